The second-order valence-corrected chi connectivity index (χ2v) is 15.8. The number of aliphatic hydroxyl groups is 8. The number of hydrogen-bond donors (Lipinski definition) is 8. The summed E-state index contributed by atoms with van der Waals surface area (Å²) in [5.74, 6) is -0.736. The molecule has 0 spiro atoms. The zero-order valence-corrected chi connectivity index (χ0v) is 26.7. The van der Waals surface area contributed by atoms with Gasteiger partial charge >= 0.3 is 0 Å². The van der Waals surface area contributed by atoms with Crippen LogP contribution in [0.1, 0.15) is 92.4 Å². The van der Waals surface area contributed by atoms with Gasteiger partial charge in [0.2, 0.25) is 0 Å². The molecule has 0 amide bonds. The molecule has 11 heteroatoms. The molecule has 44 heavy (non-hydrogen) atoms. The van der Waals surface area contributed by atoms with Crippen molar-refractivity contribution in [3.05, 3.63) is 11.6 Å². The normalized spacial score (nSPS) is 48.1. The molecule has 0 aromatic heterocycles. The standard InChI is InChI=1S/C33H54O11/c1-29(2,44-28-27(40)26(39)25(38)22(16-34)43-28)10-9-24(37)32(5,41)23-8-13-33(42)19-15-21(36)20-14-17(35)6-11-30(20,3)18(19)7-12-31(23,33)4/h15,17-18,20,22-28,34-35,37-42H,6-14,16H2,1-5H3/t17-,18-,20-,22+,23-,24+,25+,26-,27+,28-,30+,31+,32+,33+/m0/s1. The van der Waals surface area contributed by atoms with Crippen molar-refractivity contribution < 1.29 is 55.1 Å². The molecule has 4 fully saturated rings. The summed E-state index contributed by atoms with van der Waals surface area (Å²) >= 11 is 0. The average Bonchev–Trinajstić information content (AvgIpc) is 3.25. The van der Waals surface area contributed by atoms with Crippen LogP contribution in [0.2, 0.25) is 0 Å². The Labute approximate surface area is 259 Å². The topological polar surface area (TPSA) is 197 Å². The Balaban J connectivity index is 1.29. The van der Waals surface area contributed by atoms with E-state index in [0.29, 0.717) is 32.1 Å². The maximum Gasteiger partial charge on any atom is 0.187 e. The molecule has 0 unspecified atom stereocenters. The Morgan fingerprint density at radius 1 is 1.00 bits per heavy atom. The molecule has 252 valence electrons. The molecule has 5 rings (SSSR count). The highest BCUT2D eigenvalue weighted by Gasteiger charge is 2.68. The monoisotopic (exact) mass is 626 g/mol. The smallest absolute Gasteiger partial charge is 0.187 e. The molecule has 5 aliphatic rings. The predicted octanol–water partition coefficient (Wildman–Crippen LogP) is 0.707. The van der Waals surface area contributed by atoms with Gasteiger partial charge in [-0.3, -0.25) is 4.79 Å². The third-order valence-electron chi connectivity index (χ3n) is 12.8. The Bertz CT molecular complexity index is 1120. The van der Waals surface area contributed by atoms with Gasteiger partial charge in [0.25, 0.3) is 0 Å². The van der Waals surface area contributed by atoms with Gasteiger partial charge in [0.1, 0.15) is 24.4 Å². The van der Waals surface area contributed by atoms with Gasteiger partial charge in [-0.1, -0.05) is 13.8 Å². The van der Waals surface area contributed by atoms with Gasteiger partial charge < -0.3 is 50.3 Å². The molecular formula is C33H54O11. The highest BCUT2D eigenvalue weighted by molar-refractivity contribution is 5.95. The van der Waals surface area contributed by atoms with Gasteiger partial charge in [-0.15, -0.1) is 0 Å². The zero-order chi connectivity index (χ0) is 32.6. The van der Waals surface area contributed by atoms with Gasteiger partial charge in [0.05, 0.1) is 35.6 Å². The minimum absolute atomic E-state index is 0.0183. The van der Waals surface area contributed by atoms with E-state index in [9.17, 15) is 45.6 Å². The summed E-state index contributed by atoms with van der Waals surface area (Å²) in [6.45, 7) is 8.57. The van der Waals surface area contributed by atoms with Crippen molar-refractivity contribution in [3.63, 3.8) is 0 Å². The summed E-state index contributed by atoms with van der Waals surface area (Å²) in [5, 5.41) is 86.2. The van der Waals surface area contributed by atoms with E-state index in [4.69, 9.17) is 9.47 Å². The first-order valence-electron chi connectivity index (χ1n) is 16.4. The van der Waals surface area contributed by atoms with E-state index < -0.39 is 77.7 Å². The van der Waals surface area contributed by atoms with Gasteiger partial charge in [-0.05, 0) is 107 Å². The van der Waals surface area contributed by atoms with Crippen LogP contribution in [0.5, 0.6) is 0 Å². The minimum Gasteiger partial charge on any atom is -0.394 e. The fourth-order valence-electron chi connectivity index (χ4n) is 9.80. The summed E-state index contributed by atoms with van der Waals surface area (Å²) < 4.78 is 11.4. The van der Waals surface area contributed by atoms with E-state index in [0.717, 1.165) is 18.4 Å². The van der Waals surface area contributed by atoms with E-state index in [2.05, 4.69) is 6.92 Å². The van der Waals surface area contributed by atoms with Crippen molar-refractivity contribution in [3.8, 4) is 0 Å². The first-order valence-corrected chi connectivity index (χ1v) is 16.4. The molecule has 1 heterocycles. The zero-order valence-electron chi connectivity index (χ0n) is 26.7. The van der Waals surface area contributed by atoms with E-state index >= 15 is 0 Å². The predicted molar refractivity (Wildman–Crippen MR) is 158 cm³/mol. The summed E-state index contributed by atoms with van der Waals surface area (Å²) in [4.78, 5) is 13.4. The first-order chi connectivity index (χ1) is 20.3. The lowest BCUT2D eigenvalue weighted by Crippen LogP contribution is -2.62. The van der Waals surface area contributed by atoms with Crippen molar-refractivity contribution in [2.75, 3.05) is 6.61 Å². The fraction of sp³-hybridized carbons (Fsp3) is 0.909. The number of ketones is 1. The number of carbonyl (C=O) groups excluding carboxylic acids is 1. The highest BCUT2D eigenvalue weighted by Crippen LogP contribution is 2.68. The summed E-state index contributed by atoms with van der Waals surface area (Å²) in [6, 6.07) is 0. The van der Waals surface area contributed by atoms with E-state index in [1.165, 1.54) is 0 Å². The quantitative estimate of drug-likeness (QED) is 0.189. The van der Waals surface area contributed by atoms with Crippen LogP contribution in [-0.2, 0) is 14.3 Å². The number of carbonyl (C=O) groups is 1. The minimum atomic E-state index is -1.58. The molecule has 1 aliphatic heterocycles. The van der Waals surface area contributed by atoms with Crippen molar-refractivity contribution in [2.45, 2.75) is 152 Å². The van der Waals surface area contributed by atoms with Crippen molar-refractivity contribution >= 4 is 5.78 Å². The molecule has 11 nitrogen and oxygen atoms in total. The molecule has 0 aromatic rings. The van der Waals surface area contributed by atoms with E-state index in [1.54, 1.807) is 26.8 Å². The third-order valence-corrected chi connectivity index (χ3v) is 12.8. The largest absolute Gasteiger partial charge is 0.394 e. The average molecular weight is 627 g/mol. The lowest BCUT2D eigenvalue weighted by atomic mass is 9.46. The number of rotatable bonds is 8. The second-order valence-electron chi connectivity index (χ2n) is 15.8. The second kappa shape index (κ2) is 11.6. The Hall–Kier alpha value is -0.990. The van der Waals surface area contributed by atoms with Crippen molar-refractivity contribution in [2.24, 2.45) is 28.6 Å². The molecule has 1 saturated heterocycles. The molecule has 8 N–H and O–H groups in total. The highest BCUT2D eigenvalue weighted by atomic mass is 16.7. The van der Waals surface area contributed by atoms with Crippen LogP contribution in [-0.4, -0.2) is 113 Å². The number of aliphatic hydroxyl groups excluding tert-OH is 6. The molecule has 3 saturated carbocycles. The lowest BCUT2D eigenvalue weighted by molar-refractivity contribution is -0.324. The SMILES string of the molecule is CC(C)(CC[C@@H](O)[C@](C)(O)[C@H]1CC[C@@]2(O)C3=CC(=O)[C@@H]4C[C@@H](O)CC[C@]4(C)[C@H]3CC[C@]12C)O[C@@H]1O[C@H](CO)[C@@H](O)[C@H](O)[C@H]1O. The lowest BCUT2D eigenvalue weighted by Gasteiger charge is -2.60. The molecule has 4 aliphatic carbocycles. The maximum absolute atomic E-state index is 13.4. The Kier molecular flexibility index (Phi) is 9.06. The molecular weight excluding hydrogens is 572 g/mol. The summed E-state index contributed by atoms with van der Waals surface area (Å²) in [7, 11) is 0. The fourth-order valence-corrected chi connectivity index (χ4v) is 9.80. The van der Waals surface area contributed by atoms with Crippen LogP contribution >= 0.6 is 0 Å². The van der Waals surface area contributed by atoms with Gasteiger partial charge in [0, 0.05) is 11.3 Å². The van der Waals surface area contributed by atoms with Crippen molar-refractivity contribution in [1.29, 1.82) is 0 Å². The van der Waals surface area contributed by atoms with Crippen LogP contribution < -0.4 is 0 Å². The molecule has 0 bridgehead atoms. The number of allylic oxidation sites excluding steroid dienone is 1. The van der Waals surface area contributed by atoms with E-state index in [1.807, 2.05) is 6.92 Å². The molecule has 0 aromatic carbocycles. The number of hydrogen-bond acceptors (Lipinski definition) is 11. The van der Waals surface area contributed by atoms with Crippen LogP contribution in [0, 0.1) is 28.6 Å². The summed E-state index contributed by atoms with van der Waals surface area (Å²) in [6.07, 6.45) is -2.69. The van der Waals surface area contributed by atoms with Crippen LogP contribution in [0.3, 0.4) is 0 Å². The third kappa shape index (κ3) is 5.33. The molecule has 0 radical (unpaired) electrons. The number of fused-ring (bicyclic) bond motifs is 5. The number of ether oxygens (including phenoxy) is 2. The van der Waals surface area contributed by atoms with Crippen LogP contribution in [0.4, 0.5) is 0 Å². The van der Waals surface area contributed by atoms with E-state index in [-0.39, 0.29) is 35.9 Å². The van der Waals surface area contributed by atoms with Gasteiger partial charge in [-0.2, -0.15) is 0 Å². The summed E-state index contributed by atoms with van der Waals surface area (Å²) in [5.41, 5.74) is -4.21. The Morgan fingerprint density at radius 2 is 1.68 bits per heavy atom. The molecule has 14 atom stereocenters. The van der Waals surface area contributed by atoms with Gasteiger partial charge in [-0.25, -0.2) is 0 Å². The van der Waals surface area contributed by atoms with Crippen LogP contribution in [0.25, 0.3) is 0 Å². The van der Waals surface area contributed by atoms with Crippen LogP contribution in [0.15, 0.2) is 11.6 Å². The maximum atomic E-state index is 13.4. The van der Waals surface area contributed by atoms with Crippen molar-refractivity contribution in [1.82, 2.24) is 0 Å². The Morgan fingerprint density at radius 3 is 2.34 bits per heavy atom. The van der Waals surface area contributed by atoms with Gasteiger partial charge in [0.15, 0.2) is 12.1 Å². The first kappa shape index (κ1) is 34.3.